The van der Waals surface area contributed by atoms with Gasteiger partial charge in [0, 0.05) is 0 Å². The lowest BCUT2D eigenvalue weighted by molar-refractivity contribution is 1.60. The fourth-order valence-corrected chi connectivity index (χ4v) is 2.59. The normalized spacial score (nSPS) is 11.1. The Hall–Kier alpha value is -3.38. The van der Waals surface area contributed by atoms with Gasteiger partial charge in [0.05, 0.1) is 0 Å². The molecule has 126 valence electrons. The third kappa shape index (κ3) is 4.81. The molecule has 0 amide bonds. The Labute approximate surface area is 156 Å². The van der Waals surface area contributed by atoms with Crippen LogP contribution in [0.3, 0.4) is 0 Å². The quantitative estimate of drug-likeness (QED) is 0.414. The van der Waals surface area contributed by atoms with Crippen LogP contribution in [-0.2, 0) is 0 Å². The molecular weight excluding hydrogens is 312 g/mol. The molecular formula is C26H22. The molecule has 3 rings (SSSR count). The Morgan fingerprint density at radius 3 is 0.731 bits per heavy atom. The summed E-state index contributed by atoms with van der Waals surface area (Å²) < 4.78 is 0. The average molecular weight is 334 g/mol. The van der Waals surface area contributed by atoms with Gasteiger partial charge in [-0.25, -0.2) is 0 Å². The molecule has 0 nitrogen and oxygen atoms in total. The lowest BCUT2D eigenvalue weighted by atomic mass is 10.1. The summed E-state index contributed by atoms with van der Waals surface area (Å²) in [5, 5.41) is 0. The maximum atomic E-state index is 3.78. The van der Waals surface area contributed by atoms with Crippen molar-refractivity contribution in [1.82, 2.24) is 0 Å². The molecule has 0 spiro atoms. The Bertz CT molecular complexity index is 838. The first-order valence-corrected chi connectivity index (χ1v) is 8.68. The van der Waals surface area contributed by atoms with E-state index in [4.69, 9.17) is 0 Å². The Balaban J connectivity index is 1.65. The second kappa shape index (κ2) is 8.64. The predicted molar refractivity (Wildman–Crippen MR) is 117 cm³/mol. The highest BCUT2D eigenvalue weighted by Crippen LogP contribution is 2.14. The van der Waals surface area contributed by atoms with Gasteiger partial charge in [0.15, 0.2) is 0 Å². The van der Waals surface area contributed by atoms with E-state index >= 15 is 0 Å². The summed E-state index contributed by atoms with van der Waals surface area (Å²) in [7, 11) is 0. The van der Waals surface area contributed by atoms with Crippen LogP contribution in [0.1, 0.15) is 33.4 Å². The summed E-state index contributed by atoms with van der Waals surface area (Å²) in [6, 6.07) is 25.2. The third-order valence-electron chi connectivity index (χ3n) is 4.22. The largest absolute Gasteiger partial charge is 0.0985 e. The first-order valence-electron chi connectivity index (χ1n) is 8.68. The van der Waals surface area contributed by atoms with Gasteiger partial charge in [-0.15, -0.1) is 0 Å². The van der Waals surface area contributed by atoms with Crippen LogP contribution in [0, 0.1) is 0 Å². The molecule has 3 aromatic rings. The van der Waals surface area contributed by atoms with E-state index in [0.29, 0.717) is 0 Å². The van der Waals surface area contributed by atoms with Crippen LogP contribution in [0.25, 0.3) is 36.5 Å². The topological polar surface area (TPSA) is 0 Å². The van der Waals surface area contributed by atoms with Crippen LogP contribution in [0.5, 0.6) is 0 Å². The molecule has 0 radical (unpaired) electrons. The standard InChI is InChI=1S/C26H22/c1-3-21-5-9-23(10-6-21)13-15-25-17-19-26(20-18-25)16-14-24-11-7-22(4-2)8-12-24/h3-20H,1-2H2/b15-13+,16-14+. The fraction of sp³-hybridized carbons (Fsp3) is 0. The molecule has 3 aromatic carbocycles. The van der Waals surface area contributed by atoms with Crippen molar-refractivity contribution in [1.29, 1.82) is 0 Å². The molecule has 0 unspecified atom stereocenters. The van der Waals surface area contributed by atoms with Crippen molar-refractivity contribution in [2.75, 3.05) is 0 Å². The summed E-state index contributed by atoms with van der Waals surface area (Å²) in [5.74, 6) is 0. The summed E-state index contributed by atoms with van der Waals surface area (Å²) in [6.45, 7) is 7.55. The summed E-state index contributed by atoms with van der Waals surface area (Å²) >= 11 is 0. The van der Waals surface area contributed by atoms with Gasteiger partial charge < -0.3 is 0 Å². The Kier molecular flexibility index (Phi) is 5.80. The fourth-order valence-electron chi connectivity index (χ4n) is 2.59. The molecule has 0 heterocycles. The van der Waals surface area contributed by atoms with Crippen molar-refractivity contribution >= 4 is 36.5 Å². The lowest BCUT2D eigenvalue weighted by Crippen LogP contribution is -1.77. The van der Waals surface area contributed by atoms with Crippen molar-refractivity contribution in [3.63, 3.8) is 0 Å². The molecule has 0 heteroatoms. The van der Waals surface area contributed by atoms with Crippen molar-refractivity contribution in [3.8, 4) is 0 Å². The average Bonchev–Trinajstić information content (AvgIpc) is 2.72. The molecule has 0 bridgehead atoms. The van der Waals surface area contributed by atoms with Crippen LogP contribution in [-0.4, -0.2) is 0 Å². The number of rotatable bonds is 6. The molecule has 0 aliphatic carbocycles. The van der Waals surface area contributed by atoms with Crippen LogP contribution in [0.4, 0.5) is 0 Å². The maximum absolute atomic E-state index is 3.78. The van der Waals surface area contributed by atoms with E-state index in [2.05, 4.69) is 110 Å². The Morgan fingerprint density at radius 2 is 0.538 bits per heavy atom. The van der Waals surface area contributed by atoms with Crippen molar-refractivity contribution < 1.29 is 0 Å². The van der Waals surface area contributed by atoms with Gasteiger partial charge in [-0.1, -0.05) is 122 Å². The van der Waals surface area contributed by atoms with Gasteiger partial charge in [-0.05, 0) is 33.4 Å². The minimum Gasteiger partial charge on any atom is -0.0985 e. The second-order valence-electron chi connectivity index (χ2n) is 6.07. The van der Waals surface area contributed by atoms with Crippen LogP contribution < -0.4 is 0 Å². The summed E-state index contributed by atoms with van der Waals surface area (Å²) in [6.07, 6.45) is 12.2. The molecule has 0 aliphatic heterocycles. The first kappa shape index (κ1) is 17.4. The predicted octanol–water partition coefficient (Wildman–Crippen LogP) is 7.31. The number of hydrogen-bond donors (Lipinski definition) is 0. The van der Waals surface area contributed by atoms with E-state index in [-0.39, 0.29) is 0 Å². The SMILES string of the molecule is C=Cc1ccc(/C=C/c2ccc(/C=C/c3ccc(C=C)cc3)cc2)cc1. The van der Waals surface area contributed by atoms with Crippen LogP contribution >= 0.6 is 0 Å². The molecule has 26 heavy (non-hydrogen) atoms. The van der Waals surface area contributed by atoms with Crippen LogP contribution in [0.15, 0.2) is 86.0 Å². The van der Waals surface area contributed by atoms with Gasteiger partial charge in [-0.2, -0.15) is 0 Å². The third-order valence-corrected chi connectivity index (χ3v) is 4.22. The highest BCUT2D eigenvalue weighted by atomic mass is 14.0. The Morgan fingerprint density at radius 1 is 0.346 bits per heavy atom. The van der Waals surface area contributed by atoms with E-state index in [1.165, 1.54) is 22.3 Å². The monoisotopic (exact) mass is 334 g/mol. The molecule has 0 aromatic heterocycles. The zero-order valence-electron chi connectivity index (χ0n) is 14.8. The van der Waals surface area contributed by atoms with E-state index in [9.17, 15) is 0 Å². The molecule has 0 saturated heterocycles. The molecule has 0 N–H and O–H groups in total. The van der Waals surface area contributed by atoms with Gasteiger partial charge in [0.2, 0.25) is 0 Å². The zero-order valence-corrected chi connectivity index (χ0v) is 14.8. The lowest BCUT2D eigenvalue weighted by Gasteiger charge is -1.99. The summed E-state index contributed by atoms with van der Waals surface area (Å²) in [4.78, 5) is 0. The first-order chi connectivity index (χ1) is 12.8. The maximum Gasteiger partial charge on any atom is -0.0256 e. The van der Waals surface area contributed by atoms with Gasteiger partial charge in [0.25, 0.3) is 0 Å². The highest BCUT2D eigenvalue weighted by Gasteiger charge is 1.92. The van der Waals surface area contributed by atoms with Crippen LogP contribution in [0.2, 0.25) is 0 Å². The molecule has 0 fully saturated rings. The zero-order chi connectivity index (χ0) is 18.2. The smallest absolute Gasteiger partial charge is 0.0256 e. The van der Waals surface area contributed by atoms with E-state index in [1.807, 2.05) is 12.2 Å². The molecule has 0 atom stereocenters. The van der Waals surface area contributed by atoms with Crippen molar-refractivity contribution in [3.05, 3.63) is 119 Å². The highest BCUT2D eigenvalue weighted by molar-refractivity contribution is 5.73. The van der Waals surface area contributed by atoms with E-state index in [0.717, 1.165) is 11.1 Å². The van der Waals surface area contributed by atoms with E-state index < -0.39 is 0 Å². The minimum absolute atomic E-state index is 1.14. The van der Waals surface area contributed by atoms with Gasteiger partial charge >= 0.3 is 0 Å². The summed E-state index contributed by atoms with van der Waals surface area (Å²) in [5.41, 5.74) is 7.01. The molecule has 0 saturated carbocycles. The minimum atomic E-state index is 1.14. The van der Waals surface area contributed by atoms with E-state index in [1.54, 1.807) is 0 Å². The number of benzene rings is 3. The van der Waals surface area contributed by atoms with Crippen molar-refractivity contribution in [2.45, 2.75) is 0 Å². The van der Waals surface area contributed by atoms with Gasteiger partial charge in [-0.3, -0.25) is 0 Å². The molecule has 0 aliphatic rings. The number of hydrogen-bond acceptors (Lipinski definition) is 0. The van der Waals surface area contributed by atoms with Crippen molar-refractivity contribution in [2.24, 2.45) is 0 Å². The van der Waals surface area contributed by atoms with Gasteiger partial charge in [0.1, 0.15) is 0 Å². The second-order valence-corrected chi connectivity index (χ2v) is 6.07.